The number of aromatic nitrogens is 1. The standard InChI is InChI=1S/C18H22N4O2/c1-12(2)9-18(24)22-17-8-7-16(11-19-17)21-15-6-4-5-14(10-15)20-13(3)23/h4-8,10-12,21H,9H2,1-3H3,(H,20,23)(H,19,22,24). The Morgan fingerprint density at radius 2 is 1.79 bits per heavy atom. The van der Waals surface area contributed by atoms with Crippen molar-refractivity contribution in [1.29, 1.82) is 0 Å². The van der Waals surface area contributed by atoms with Crippen LogP contribution in [0.1, 0.15) is 27.2 Å². The third kappa shape index (κ3) is 5.72. The smallest absolute Gasteiger partial charge is 0.225 e. The number of nitrogens with one attached hydrogen (secondary N) is 3. The summed E-state index contributed by atoms with van der Waals surface area (Å²) in [7, 11) is 0. The van der Waals surface area contributed by atoms with Crippen molar-refractivity contribution in [3.05, 3.63) is 42.6 Å². The molecular formula is C18H22N4O2. The van der Waals surface area contributed by atoms with Crippen molar-refractivity contribution in [2.24, 2.45) is 5.92 Å². The van der Waals surface area contributed by atoms with Crippen molar-refractivity contribution >= 4 is 34.7 Å². The zero-order chi connectivity index (χ0) is 17.5. The Hall–Kier alpha value is -2.89. The summed E-state index contributed by atoms with van der Waals surface area (Å²) in [6, 6.07) is 11.0. The van der Waals surface area contributed by atoms with E-state index in [-0.39, 0.29) is 11.8 Å². The molecule has 0 fully saturated rings. The summed E-state index contributed by atoms with van der Waals surface area (Å²) in [5.74, 6) is 0.677. The van der Waals surface area contributed by atoms with Crippen molar-refractivity contribution in [3.63, 3.8) is 0 Å². The summed E-state index contributed by atoms with van der Waals surface area (Å²) >= 11 is 0. The Morgan fingerprint density at radius 3 is 2.42 bits per heavy atom. The highest BCUT2D eigenvalue weighted by atomic mass is 16.2. The molecule has 0 aliphatic heterocycles. The lowest BCUT2D eigenvalue weighted by atomic mass is 10.1. The van der Waals surface area contributed by atoms with E-state index in [1.807, 2.05) is 44.2 Å². The number of hydrogen-bond acceptors (Lipinski definition) is 4. The highest BCUT2D eigenvalue weighted by molar-refractivity contribution is 5.90. The van der Waals surface area contributed by atoms with Gasteiger partial charge >= 0.3 is 0 Å². The number of anilines is 4. The molecule has 6 nitrogen and oxygen atoms in total. The van der Waals surface area contributed by atoms with Gasteiger partial charge in [-0.2, -0.15) is 0 Å². The third-order valence-electron chi connectivity index (χ3n) is 3.10. The average molecular weight is 326 g/mol. The number of benzene rings is 1. The van der Waals surface area contributed by atoms with Crippen LogP contribution in [0.2, 0.25) is 0 Å². The minimum atomic E-state index is -0.115. The number of hydrogen-bond donors (Lipinski definition) is 3. The molecule has 6 heteroatoms. The van der Waals surface area contributed by atoms with Gasteiger partial charge in [0.05, 0.1) is 11.9 Å². The molecule has 2 rings (SSSR count). The number of amides is 2. The molecule has 0 saturated heterocycles. The van der Waals surface area contributed by atoms with Crippen LogP contribution in [0.3, 0.4) is 0 Å². The van der Waals surface area contributed by atoms with E-state index in [1.54, 1.807) is 12.3 Å². The quantitative estimate of drug-likeness (QED) is 0.754. The van der Waals surface area contributed by atoms with E-state index in [4.69, 9.17) is 0 Å². The normalized spacial score (nSPS) is 10.3. The molecule has 0 bridgehead atoms. The van der Waals surface area contributed by atoms with Crippen molar-refractivity contribution < 1.29 is 9.59 Å². The van der Waals surface area contributed by atoms with E-state index < -0.39 is 0 Å². The van der Waals surface area contributed by atoms with E-state index >= 15 is 0 Å². The lowest BCUT2D eigenvalue weighted by Gasteiger charge is -2.10. The highest BCUT2D eigenvalue weighted by Crippen LogP contribution is 2.20. The molecule has 1 aromatic carbocycles. The first-order chi connectivity index (χ1) is 11.4. The first kappa shape index (κ1) is 17.5. The maximum atomic E-state index is 11.7. The molecule has 3 N–H and O–H groups in total. The van der Waals surface area contributed by atoms with Crippen molar-refractivity contribution in [2.75, 3.05) is 16.0 Å². The van der Waals surface area contributed by atoms with Gasteiger partial charge in [-0.25, -0.2) is 4.98 Å². The predicted molar refractivity (Wildman–Crippen MR) is 96.4 cm³/mol. The van der Waals surface area contributed by atoms with Gasteiger partial charge < -0.3 is 16.0 Å². The zero-order valence-electron chi connectivity index (χ0n) is 14.1. The molecule has 0 unspecified atom stereocenters. The minimum absolute atomic E-state index is 0.0405. The van der Waals surface area contributed by atoms with E-state index in [0.717, 1.165) is 17.1 Å². The van der Waals surface area contributed by atoms with E-state index in [9.17, 15) is 9.59 Å². The van der Waals surface area contributed by atoms with Crippen LogP contribution in [-0.4, -0.2) is 16.8 Å². The summed E-state index contributed by atoms with van der Waals surface area (Å²) in [6.07, 6.45) is 2.12. The highest BCUT2D eigenvalue weighted by Gasteiger charge is 2.06. The van der Waals surface area contributed by atoms with Crippen molar-refractivity contribution in [1.82, 2.24) is 4.98 Å². The van der Waals surface area contributed by atoms with Crippen LogP contribution in [0.4, 0.5) is 22.9 Å². The largest absolute Gasteiger partial charge is 0.354 e. The molecule has 24 heavy (non-hydrogen) atoms. The first-order valence-electron chi connectivity index (χ1n) is 7.83. The van der Waals surface area contributed by atoms with Gasteiger partial charge in [-0.15, -0.1) is 0 Å². The van der Waals surface area contributed by atoms with Crippen molar-refractivity contribution in [2.45, 2.75) is 27.2 Å². The SMILES string of the molecule is CC(=O)Nc1cccc(Nc2ccc(NC(=O)CC(C)C)nc2)c1. The molecule has 1 heterocycles. The maximum Gasteiger partial charge on any atom is 0.225 e. The van der Waals surface area contributed by atoms with Gasteiger partial charge in [-0.3, -0.25) is 9.59 Å². The van der Waals surface area contributed by atoms with Gasteiger partial charge in [0.25, 0.3) is 0 Å². The van der Waals surface area contributed by atoms with Gasteiger partial charge in [-0.1, -0.05) is 19.9 Å². The maximum absolute atomic E-state index is 11.7. The van der Waals surface area contributed by atoms with Gasteiger partial charge in [0, 0.05) is 24.7 Å². The summed E-state index contributed by atoms with van der Waals surface area (Å²) in [4.78, 5) is 27.1. The molecule has 0 aliphatic rings. The third-order valence-corrected chi connectivity index (χ3v) is 3.10. The Bertz CT molecular complexity index is 711. The van der Waals surface area contributed by atoms with E-state index in [0.29, 0.717) is 18.2 Å². The zero-order valence-corrected chi connectivity index (χ0v) is 14.1. The second-order valence-electron chi connectivity index (χ2n) is 5.97. The summed E-state index contributed by atoms with van der Waals surface area (Å²) in [5, 5.41) is 8.71. The molecule has 0 spiro atoms. The molecule has 2 aromatic rings. The molecule has 2 amide bonds. The van der Waals surface area contributed by atoms with Crippen LogP contribution in [0, 0.1) is 5.92 Å². The molecule has 0 saturated carbocycles. The summed E-state index contributed by atoms with van der Waals surface area (Å²) in [6.45, 7) is 5.46. The fourth-order valence-corrected chi connectivity index (χ4v) is 2.15. The molecule has 0 aliphatic carbocycles. The van der Waals surface area contributed by atoms with Crippen LogP contribution in [0.25, 0.3) is 0 Å². The van der Waals surface area contributed by atoms with Crippen LogP contribution in [0.15, 0.2) is 42.6 Å². The van der Waals surface area contributed by atoms with Crippen LogP contribution < -0.4 is 16.0 Å². The topological polar surface area (TPSA) is 83.1 Å². The monoisotopic (exact) mass is 326 g/mol. The van der Waals surface area contributed by atoms with E-state index in [2.05, 4.69) is 20.9 Å². The van der Waals surface area contributed by atoms with Crippen LogP contribution in [-0.2, 0) is 9.59 Å². The fourth-order valence-electron chi connectivity index (χ4n) is 2.15. The van der Waals surface area contributed by atoms with Crippen molar-refractivity contribution in [3.8, 4) is 0 Å². The minimum Gasteiger partial charge on any atom is -0.354 e. The van der Waals surface area contributed by atoms with Crippen LogP contribution in [0.5, 0.6) is 0 Å². The molecule has 0 radical (unpaired) electrons. The van der Waals surface area contributed by atoms with Gasteiger partial charge in [0.1, 0.15) is 5.82 Å². The number of nitrogens with zero attached hydrogens (tertiary/aromatic N) is 1. The summed E-state index contributed by atoms with van der Waals surface area (Å²) < 4.78 is 0. The Morgan fingerprint density at radius 1 is 1.04 bits per heavy atom. The number of carbonyl (C=O) groups is 2. The fraction of sp³-hybridized carbons (Fsp3) is 0.278. The Labute approximate surface area is 141 Å². The molecule has 126 valence electrons. The summed E-state index contributed by atoms with van der Waals surface area (Å²) in [5.41, 5.74) is 2.34. The number of rotatable bonds is 6. The second kappa shape index (κ2) is 8.10. The first-order valence-corrected chi connectivity index (χ1v) is 7.83. The van der Waals surface area contributed by atoms with Gasteiger partial charge in [0.15, 0.2) is 0 Å². The average Bonchev–Trinajstić information content (AvgIpc) is 2.48. The number of carbonyl (C=O) groups excluding carboxylic acids is 2. The lowest BCUT2D eigenvalue weighted by molar-refractivity contribution is -0.117. The molecule has 1 aromatic heterocycles. The molecular weight excluding hydrogens is 304 g/mol. The predicted octanol–water partition coefficient (Wildman–Crippen LogP) is 3.77. The molecule has 0 atom stereocenters. The second-order valence-corrected chi connectivity index (χ2v) is 5.97. The number of pyridine rings is 1. The van der Waals surface area contributed by atoms with Gasteiger partial charge in [-0.05, 0) is 36.2 Å². The Kier molecular flexibility index (Phi) is 5.89. The van der Waals surface area contributed by atoms with E-state index in [1.165, 1.54) is 6.92 Å². The van der Waals surface area contributed by atoms with Crippen LogP contribution >= 0.6 is 0 Å². The lowest BCUT2D eigenvalue weighted by Crippen LogP contribution is -2.14. The Balaban J connectivity index is 1.99. The van der Waals surface area contributed by atoms with Gasteiger partial charge in [0.2, 0.25) is 11.8 Å².